The van der Waals surface area contributed by atoms with E-state index >= 15 is 0 Å². The summed E-state index contributed by atoms with van der Waals surface area (Å²) in [5.41, 5.74) is 9.87. The van der Waals surface area contributed by atoms with Crippen molar-refractivity contribution in [3.8, 4) is 22.5 Å². The second-order valence-corrected chi connectivity index (χ2v) is 7.31. The number of aromatic amines is 1. The lowest BCUT2D eigenvalue weighted by Crippen LogP contribution is -2.35. The number of hydrogen-bond acceptors (Lipinski definition) is 5. The summed E-state index contributed by atoms with van der Waals surface area (Å²) in [5.74, 6) is 1.18. The van der Waals surface area contributed by atoms with Gasteiger partial charge in [0, 0.05) is 31.6 Å². The average molecular weight is 393 g/mol. The van der Waals surface area contributed by atoms with E-state index < -0.39 is 0 Å². The topological polar surface area (TPSA) is 101 Å². The highest BCUT2D eigenvalue weighted by molar-refractivity contribution is 5.80. The molecule has 1 atom stereocenters. The van der Waals surface area contributed by atoms with Crippen molar-refractivity contribution in [3.63, 3.8) is 0 Å². The van der Waals surface area contributed by atoms with Crippen LogP contribution >= 0.6 is 0 Å². The SMILES string of the molecule is CCC(C)CC(=O)N(CCN)Cc1ccc(-c2ccccc2-c2nnn[nH]2)cc1. The Morgan fingerprint density at radius 2 is 1.86 bits per heavy atom. The van der Waals surface area contributed by atoms with Gasteiger partial charge >= 0.3 is 0 Å². The fraction of sp³-hybridized carbons (Fsp3) is 0.364. The van der Waals surface area contributed by atoms with Crippen molar-refractivity contribution >= 4 is 5.91 Å². The Labute approximate surface area is 171 Å². The van der Waals surface area contributed by atoms with Crippen LogP contribution in [-0.4, -0.2) is 44.5 Å². The molecule has 1 heterocycles. The minimum absolute atomic E-state index is 0.164. The Hall–Kier alpha value is -3.06. The molecule has 0 aliphatic heterocycles. The van der Waals surface area contributed by atoms with Crippen molar-refractivity contribution in [3.05, 3.63) is 54.1 Å². The number of aromatic nitrogens is 4. The molecule has 1 aromatic heterocycles. The molecule has 1 amide bonds. The van der Waals surface area contributed by atoms with E-state index in [9.17, 15) is 4.79 Å². The number of nitrogens with one attached hydrogen (secondary N) is 1. The molecule has 29 heavy (non-hydrogen) atoms. The fourth-order valence-corrected chi connectivity index (χ4v) is 3.24. The van der Waals surface area contributed by atoms with Gasteiger partial charge in [-0.1, -0.05) is 68.8 Å². The van der Waals surface area contributed by atoms with Crippen LogP contribution in [0, 0.1) is 5.92 Å². The largest absolute Gasteiger partial charge is 0.337 e. The Morgan fingerprint density at radius 1 is 1.14 bits per heavy atom. The molecule has 0 aliphatic carbocycles. The molecule has 7 nitrogen and oxygen atoms in total. The molecular weight excluding hydrogens is 364 g/mol. The zero-order chi connectivity index (χ0) is 20.6. The van der Waals surface area contributed by atoms with Gasteiger partial charge in [0.15, 0.2) is 5.82 Å². The van der Waals surface area contributed by atoms with Gasteiger partial charge in [0.25, 0.3) is 0 Å². The Morgan fingerprint density at radius 3 is 2.48 bits per heavy atom. The standard InChI is InChI=1S/C22H28N6O/c1-3-16(2)14-21(29)28(13-12-23)15-17-8-10-18(11-9-17)19-6-4-5-7-20(19)22-24-26-27-25-22/h4-11,16H,3,12-15,23H2,1-2H3,(H,24,25,26,27). The molecule has 0 spiro atoms. The number of benzene rings is 2. The Kier molecular flexibility index (Phi) is 7.08. The molecule has 1 unspecified atom stereocenters. The predicted octanol–water partition coefficient (Wildman–Crippen LogP) is 3.26. The van der Waals surface area contributed by atoms with Gasteiger partial charge in [0.05, 0.1) is 0 Å². The summed E-state index contributed by atoms with van der Waals surface area (Å²) in [6.07, 6.45) is 1.56. The van der Waals surface area contributed by atoms with E-state index in [1.165, 1.54) is 0 Å². The van der Waals surface area contributed by atoms with Crippen molar-refractivity contribution in [1.82, 2.24) is 25.5 Å². The maximum absolute atomic E-state index is 12.6. The second kappa shape index (κ2) is 9.93. The smallest absolute Gasteiger partial charge is 0.223 e. The minimum atomic E-state index is 0.164. The number of rotatable bonds is 9. The highest BCUT2D eigenvalue weighted by Crippen LogP contribution is 2.29. The van der Waals surface area contributed by atoms with Gasteiger partial charge < -0.3 is 10.6 Å². The van der Waals surface area contributed by atoms with Crippen LogP contribution in [0.4, 0.5) is 0 Å². The van der Waals surface area contributed by atoms with E-state index in [-0.39, 0.29) is 5.91 Å². The average Bonchev–Trinajstić information content (AvgIpc) is 3.28. The van der Waals surface area contributed by atoms with Crippen LogP contribution in [0.1, 0.15) is 32.3 Å². The summed E-state index contributed by atoms with van der Waals surface area (Å²) in [7, 11) is 0. The van der Waals surface area contributed by atoms with Gasteiger partial charge in [-0.15, -0.1) is 5.10 Å². The van der Waals surface area contributed by atoms with Gasteiger partial charge in [0.1, 0.15) is 0 Å². The number of carbonyl (C=O) groups is 1. The minimum Gasteiger partial charge on any atom is -0.337 e. The normalized spacial score (nSPS) is 12.0. The molecule has 0 aliphatic rings. The third kappa shape index (κ3) is 5.26. The first-order chi connectivity index (χ1) is 14.1. The van der Waals surface area contributed by atoms with E-state index in [4.69, 9.17) is 5.73 Å². The summed E-state index contributed by atoms with van der Waals surface area (Å²) in [5, 5.41) is 14.2. The van der Waals surface area contributed by atoms with Gasteiger partial charge in [-0.2, -0.15) is 0 Å². The highest BCUT2D eigenvalue weighted by Gasteiger charge is 2.16. The number of nitrogens with zero attached hydrogens (tertiary/aromatic N) is 4. The Bertz CT molecular complexity index is 907. The van der Waals surface area contributed by atoms with Gasteiger partial charge in [0.2, 0.25) is 5.91 Å². The molecule has 152 valence electrons. The van der Waals surface area contributed by atoms with Crippen LogP contribution < -0.4 is 5.73 Å². The monoisotopic (exact) mass is 392 g/mol. The van der Waals surface area contributed by atoms with Crippen LogP contribution in [0.15, 0.2) is 48.5 Å². The second-order valence-electron chi connectivity index (χ2n) is 7.31. The zero-order valence-corrected chi connectivity index (χ0v) is 17.0. The first-order valence-corrected chi connectivity index (χ1v) is 10.0. The van der Waals surface area contributed by atoms with Gasteiger partial charge in [-0.05, 0) is 33.0 Å². The van der Waals surface area contributed by atoms with E-state index in [0.717, 1.165) is 28.7 Å². The highest BCUT2D eigenvalue weighted by atomic mass is 16.2. The van der Waals surface area contributed by atoms with Crippen LogP contribution in [-0.2, 0) is 11.3 Å². The van der Waals surface area contributed by atoms with E-state index in [1.54, 1.807) is 0 Å². The lowest BCUT2D eigenvalue weighted by atomic mass is 9.98. The molecule has 3 aromatic rings. The number of tetrazole rings is 1. The van der Waals surface area contributed by atoms with Crippen LogP contribution in [0.2, 0.25) is 0 Å². The molecule has 3 N–H and O–H groups in total. The number of H-pyrrole nitrogens is 1. The quantitative estimate of drug-likeness (QED) is 0.582. The van der Waals surface area contributed by atoms with Gasteiger partial charge in [-0.3, -0.25) is 4.79 Å². The zero-order valence-electron chi connectivity index (χ0n) is 17.0. The van der Waals surface area contributed by atoms with E-state index in [0.29, 0.717) is 37.8 Å². The first-order valence-electron chi connectivity index (χ1n) is 10.0. The lowest BCUT2D eigenvalue weighted by Gasteiger charge is -2.24. The summed E-state index contributed by atoms with van der Waals surface area (Å²) in [6, 6.07) is 16.2. The van der Waals surface area contributed by atoms with Crippen LogP contribution in [0.5, 0.6) is 0 Å². The van der Waals surface area contributed by atoms with E-state index in [1.807, 2.05) is 29.2 Å². The van der Waals surface area contributed by atoms with E-state index in [2.05, 4.69) is 58.7 Å². The van der Waals surface area contributed by atoms with Crippen molar-refractivity contribution < 1.29 is 4.79 Å². The number of carbonyl (C=O) groups excluding carboxylic acids is 1. The molecule has 0 bridgehead atoms. The van der Waals surface area contributed by atoms with Crippen molar-refractivity contribution in [2.75, 3.05) is 13.1 Å². The fourth-order valence-electron chi connectivity index (χ4n) is 3.24. The summed E-state index contributed by atoms with van der Waals surface area (Å²) < 4.78 is 0. The number of nitrogens with two attached hydrogens (primary N) is 1. The third-order valence-electron chi connectivity index (χ3n) is 5.14. The molecular formula is C22H28N6O. The maximum Gasteiger partial charge on any atom is 0.223 e. The van der Waals surface area contributed by atoms with Crippen LogP contribution in [0.3, 0.4) is 0 Å². The predicted molar refractivity (Wildman–Crippen MR) is 114 cm³/mol. The lowest BCUT2D eigenvalue weighted by molar-refractivity contribution is -0.132. The molecule has 2 aromatic carbocycles. The molecule has 0 fully saturated rings. The third-order valence-corrected chi connectivity index (χ3v) is 5.14. The Balaban J connectivity index is 1.77. The maximum atomic E-state index is 12.6. The van der Waals surface area contributed by atoms with Crippen molar-refractivity contribution in [2.24, 2.45) is 11.7 Å². The molecule has 7 heteroatoms. The first kappa shape index (κ1) is 20.7. The van der Waals surface area contributed by atoms with Crippen molar-refractivity contribution in [2.45, 2.75) is 33.2 Å². The molecule has 0 saturated heterocycles. The van der Waals surface area contributed by atoms with Gasteiger partial charge in [-0.25, -0.2) is 5.10 Å². The van der Waals surface area contributed by atoms with Crippen LogP contribution in [0.25, 0.3) is 22.5 Å². The summed E-state index contributed by atoms with van der Waals surface area (Å²) in [4.78, 5) is 14.5. The summed E-state index contributed by atoms with van der Waals surface area (Å²) in [6.45, 7) is 5.81. The van der Waals surface area contributed by atoms with Crippen molar-refractivity contribution in [1.29, 1.82) is 0 Å². The number of amides is 1. The molecule has 0 saturated carbocycles. The number of hydrogen-bond donors (Lipinski definition) is 2. The molecule has 3 rings (SSSR count). The summed E-state index contributed by atoms with van der Waals surface area (Å²) >= 11 is 0. The molecule has 0 radical (unpaired) electrons.